The third-order valence-corrected chi connectivity index (χ3v) is 4.50. The summed E-state index contributed by atoms with van der Waals surface area (Å²) in [4.78, 5) is 20.2. The normalized spacial score (nSPS) is 13.5. The van der Waals surface area contributed by atoms with Crippen LogP contribution in [0.25, 0.3) is 0 Å². The van der Waals surface area contributed by atoms with Crippen molar-refractivity contribution in [2.45, 2.75) is 6.42 Å². The lowest BCUT2D eigenvalue weighted by atomic mass is 10.1. The van der Waals surface area contributed by atoms with Crippen LogP contribution in [-0.4, -0.2) is 60.0 Å². The second-order valence-electron chi connectivity index (χ2n) is 6.16. The van der Waals surface area contributed by atoms with Crippen LogP contribution in [0.4, 0.5) is 10.1 Å². The van der Waals surface area contributed by atoms with E-state index in [4.69, 9.17) is 0 Å². The molecule has 3 rings (SSSR count). The summed E-state index contributed by atoms with van der Waals surface area (Å²) in [5.41, 5.74) is 1.65. The van der Waals surface area contributed by atoms with Crippen molar-refractivity contribution in [1.82, 2.24) is 14.8 Å². The summed E-state index contributed by atoms with van der Waals surface area (Å²) >= 11 is 0. The quantitative estimate of drug-likeness (QED) is 0.732. The van der Waals surface area contributed by atoms with Gasteiger partial charge in [0, 0.05) is 44.6 Å². The molecule has 2 heterocycles. The van der Waals surface area contributed by atoms with Gasteiger partial charge in [0.1, 0.15) is 5.82 Å². The highest BCUT2D eigenvalue weighted by molar-refractivity contribution is 5.86. The Morgan fingerprint density at radius 1 is 1.04 bits per heavy atom. The van der Waals surface area contributed by atoms with Crippen LogP contribution >= 0.6 is 37.2 Å². The van der Waals surface area contributed by atoms with Gasteiger partial charge in [-0.2, -0.15) is 0 Å². The van der Waals surface area contributed by atoms with E-state index in [1.54, 1.807) is 12.3 Å². The van der Waals surface area contributed by atoms with Crippen LogP contribution in [0.15, 0.2) is 48.8 Å². The number of benzene rings is 1. The highest BCUT2D eigenvalue weighted by Crippen LogP contribution is 2.09. The summed E-state index contributed by atoms with van der Waals surface area (Å²) in [6.07, 6.45) is 3.54. The first-order chi connectivity index (χ1) is 12.2. The van der Waals surface area contributed by atoms with E-state index < -0.39 is 0 Å². The SMILES string of the molecule is Cl.Cl.Cl.O=C(CNc1ccccc1)N1CCN(CCc2ccncc2F)CC1. The molecule has 0 unspecified atom stereocenters. The second kappa shape index (κ2) is 13.6. The van der Waals surface area contributed by atoms with E-state index in [9.17, 15) is 9.18 Å². The van der Waals surface area contributed by atoms with Crippen LogP contribution in [-0.2, 0) is 11.2 Å². The molecule has 1 aromatic carbocycles. The molecule has 1 aromatic heterocycles. The number of nitrogens with zero attached hydrogens (tertiary/aromatic N) is 3. The Labute approximate surface area is 183 Å². The van der Waals surface area contributed by atoms with E-state index in [-0.39, 0.29) is 48.9 Å². The van der Waals surface area contributed by atoms with Crippen LogP contribution in [0.3, 0.4) is 0 Å². The molecule has 9 heteroatoms. The van der Waals surface area contributed by atoms with Gasteiger partial charge in [-0.05, 0) is 30.2 Å². The zero-order valence-electron chi connectivity index (χ0n) is 15.4. The molecule has 0 aliphatic carbocycles. The molecule has 1 fully saturated rings. The number of nitrogens with one attached hydrogen (secondary N) is 1. The van der Waals surface area contributed by atoms with Crippen molar-refractivity contribution in [2.75, 3.05) is 44.6 Å². The molecule has 156 valence electrons. The van der Waals surface area contributed by atoms with Crippen LogP contribution in [0, 0.1) is 5.82 Å². The van der Waals surface area contributed by atoms with Crippen molar-refractivity contribution in [3.05, 3.63) is 60.2 Å². The summed E-state index contributed by atoms with van der Waals surface area (Å²) < 4.78 is 13.6. The minimum atomic E-state index is -0.247. The number of carbonyl (C=O) groups excluding carboxylic acids is 1. The largest absolute Gasteiger partial charge is 0.376 e. The predicted octanol–water partition coefficient (Wildman–Crippen LogP) is 3.28. The third kappa shape index (κ3) is 7.80. The molecule has 0 spiro atoms. The Morgan fingerprint density at radius 3 is 2.36 bits per heavy atom. The standard InChI is InChI=1S/C19H23FN4O.3ClH/c20-18-14-21-8-6-16(18)7-9-23-10-12-24(13-11-23)19(25)15-22-17-4-2-1-3-5-17;;;/h1-6,8,14,22H,7,9-13,15H2;3*1H. The van der Waals surface area contributed by atoms with Crippen molar-refractivity contribution in [3.63, 3.8) is 0 Å². The zero-order chi connectivity index (χ0) is 17.5. The Balaban J connectivity index is 0.00000243. The topological polar surface area (TPSA) is 48.5 Å². The van der Waals surface area contributed by atoms with E-state index in [0.717, 1.165) is 25.3 Å². The molecule has 1 aliphatic rings. The molecule has 0 atom stereocenters. The molecule has 28 heavy (non-hydrogen) atoms. The molecule has 2 aromatic rings. The monoisotopic (exact) mass is 450 g/mol. The number of hydrogen-bond acceptors (Lipinski definition) is 4. The van der Waals surface area contributed by atoms with Crippen LogP contribution in [0.1, 0.15) is 5.56 Å². The van der Waals surface area contributed by atoms with Gasteiger partial charge in [0.05, 0.1) is 12.7 Å². The van der Waals surface area contributed by atoms with Crippen molar-refractivity contribution < 1.29 is 9.18 Å². The molecular formula is C19H26Cl3FN4O. The average Bonchev–Trinajstić information content (AvgIpc) is 2.67. The predicted molar refractivity (Wildman–Crippen MR) is 118 cm³/mol. The number of hydrogen-bond donors (Lipinski definition) is 1. The van der Waals surface area contributed by atoms with E-state index in [0.29, 0.717) is 31.6 Å². The molecule has 0 bridgehead atoms. The highest BCUT2D eigenvalue weighted by Gasteiger charge is 2.20. The first kappa shape index (κ1) is 26.4. The third-order valence-electron chi connectivity index (χ3n) is 4.50. The minimum Gasteiger partial charge on any atom is -0.376 e. The van der Waals surface area contributed by atoms with Crippen molar-refractivity contribution in [3.8, 4) is 0 Å². The summed E-state index contributed by atoms with van der Waals surface area (Å²) in [5, 5.41) is 3.15. The summed E-state index contributed by atoms with van der Waals surface area (Å²) in [6.45, 7) is 4.19. The first-order valence-electron chi connectivity index (χ1n) is 8.60. The highest BCUT2D eigenvalue weighted by atomic mass is 35.5. The number of rotatable bonds is 6. The summed E-state index contributed by atoms with van der Waals surface area (Å²) in [7, 11) is 0. The Morgan fingerprint density at radius 2 is 1.71 bits per heavy atom. The van der Waals surface area contributed by atoms with Crippen molar-refractivity contribution in [2.24, 2.45) is 0 Å². The fraction of sp³-hybridized carbons (Fsp3) is 0.368. The van der Waals surface area contributed by atoms with E-state index in [2.05, 4.69) is 15.2 Å². The molecule has 1 N–H and O–H groups in total. The number of pyridine rings is 1. The molecule has 1 amide bonds. The maximum atomic E-state index is 13.6. The van der Waals surface area contributed by atoms with Crippen molar-refractivity contribution in [1.29, 1.82) is 0 Å². The average molecular weight is 452 g/mol. The van der Waals surface area contributed by atoms with Crippen LogP contribution in [0.2, 0.25) is 0 Å². The lowest BCUT2D eigenvalue weighted by molar-refractivity contribution is -0.131. The molecule has 5 nitrogen and oxygen atoms in total. The number of amides is 1. The first-order valence-corrected chi connectivity index (χ1v) is 8.60. The van der Waals surface area contributed by atoms with Crippen LogP contribution < -0.4 is 5.32 Å². The van der Waals surface area contributed by atoms with Gasteiger partial charge < -0.3 is 10.2 Å². The number of aromatic nitrogens is 1. The van der Waals surface area contributed by atoms with E-state index in [1.165, 1.54) is 6.20 Å². The lowest BCUT2D eigenvalue weighted by Gasteiger charge is -2.34. The smallest absolute Gasteiger partial charge is 0.241 e. The number of piperazine rings is 1. The lowest BCUT2D eigenvalue weighted by Crippen LogP contribution is -2.50. The number of anilines is 1. The molecule has 0 radical (unpaired) electrons. The van der Waals surface area contributed by atoms with Gasteiger partial charge in [0.25, 0.3) is 0 Å². The molecule has 1 saturated heterocycles. The van der Waals surface area contributed by atoms with Gasteiger partial charge in [-0.3, -0.25) is 14.7 Å². The molecular weight excluding hydrogens is 426 g/mol. The second-order valence-corrected chi connectivity index (χ2v) is 6.16. The summed E-state index contributed by atoms with van der Waals surface area (Å²) in [6, 6.07) is 11.5. The number of halogens is 4. The van der Waals surface area contributed by atoms with E-state index in [1.807, 2.05) is 35.2 Å². The van der Waals surface area contributed by atoms with Gasteiger partial charge in [-0.25, -0.2) is 4.39 Å². The fourth-order valence-electron chi connectivity index (χ4n) is 2.95. The fourth-order valence-corrected chi connectivity index (χ4v) is 2.95. The van der Waals surface area contributed by atoms with Gasteiger partial charge >= 0.3 is 0 Å². The summed E-state index contributed by atoms with van der Waals surface area (Å²) in [5.74, 6) is -0.132. The maximum absolute atomic E-state index is 13.6. The van der Waals surface area contributed by atoms with Crippen molar-refractivity contribution >= 4 is 48.8 Å². The minimum absolute atomic E-state index is 0. The molecule has 1 aliphatic heterocycles. The zero-order valence-corrected chi connectivity index (χ0v) is 17.9. The van der Waals surface area contributed by atoms with E-state index >= 15 is 0 Å². The van der Waals surface area contributed by atoms with Gasteiger partial charge in [0.15, 0.2) is 0 Å². The van der Waals surface area contributed by atoms with Gasteiger partial charge in [0.2, 0.25) is 5.91 Å². The van der Waals surface area contributed by atoms with Crippen LogP contribution in [0.5, 0.6) is 0 Å². The number of para-hydroxylation sites is 1. The van der Waals surface area contributed by atoms with Gasteiger partial charge in [-0.15, -0.1) is 37.2 Å². The van der Waals surface area contributed by atoms with Gasteiger partial charge in [-0.1, -0.05) is 18.2 Å². The number of carbonyl (C=O) groups is 1. The molecule has 0 saturated carbocycles. The Hall–Kier alpha value is -1.60. The Kier molecular flexibility index (Phi) is 12.8. The Bertz CT molecular complexity index is 701. The maximum Gasteiger partial charge on any atom is 0.241 e.